The highest BCUT2D eigenvalue weighted by atomic mass is 19.1. The number of oxazole rings is 1. The number of ether oxygens (including phenoxy) is 2. The van der Waals surface area contributed by atoms with E-state index in [1.807, 2.05) is 6.92 Å². The fraction of sp³-hybridized carbons (Fsp3) is 0.571. The van der Waals surface area contributed by atoms with E-state index in [4.69, 9.17) is 13.9 Å². The third-order valence-corrected chi connectivity index (χ3v) is 5.37. The van der Waals surface area contributed by atoms with E-state index >= 15 is 0 Å². The molecule has 1 saturated carbocycles. The number of hydrogen-bond donors (Lipinski definition) is 0. The Morgan fingerprint density at radius 1 is 1.26 bits per heavy atom. The molecule has 146 valence electrons. The topological polar surface area (TPSA) is 47.7 Å². The van der Waals surface area contributed by atoms with E-state index < -0.39 is 5.82 Å². The molecule has 1 saturated heterocycles. The van der Waals surface area contributed by atoms with Crippen LogP contribution in [0.15, 0.2) is 22.6 Å². The molecule has 2 aromatic rings. The number of rotatable bonds is 8. The van der Waals surface area contributed by atoms with Gasteiger partial charge in [-0.3, -0.25) is 4.90 Å². The van der Waals surface area contributed by atoms with Gasteiger partial charge in [0.1, 0.15) is 17.3 Å². The molecule has 1 aliphatic carbocycles. The van der Waals surface area contributed by atoms with Gasteiger partial charge in [-0.05, 0) is 50.7 Å². The SMILES string of the molecule is COc1ccc(-c2nc(CN(CC3CC3)CC3CCCO3)c(C)o2)c(F)c1. The molecule has 1 aliphatic heterocycles. The zero-order chi connectivity index (χ0) is 18.8. The first-order chi connectivity index (χ1) is 13.1. The highest BCUT2D eigenvalue weighted by molar-refractivity contribution is 5.56. The maximum absolute atomic E-state index is 14.4. The van der Waals surface area contributed by atoms with Crippen LogP contribution in [0.3, 0.4) is 0 Å². The predicted molar refractivity (Wildman–Crippen MR) is 100 cm³/mol. The Bertz CT molecular complexity index is 782. The lowest BCUT2D eigenvalue weighted by Crippen LogP contribution is -2.33. The zero-order valence-electron chi connectivity index (χ0n) is 16.0. The molecule has 6 heteroatoms. The van der Waals surface area contributed by atoms with Crippen molar-refractivity contribution < 1.29 is 18.3 Å². The molecule has 5 nitrogen and oxygen atoms in total. The largest absolute Gasteiger partial charge is 0.497 e. The van der Waals surface area contributed by atoms with Gasteiger partial charge in [0, 0.05) is 32.3 Å². The summed E-state index contributed by atoms with van der Waals surface area (Å²) in [4.78, 5) is 7.03. The molecule has 0 spiro atoms. The van der Waals surface area contributed by atoms with Crippen LogP contribution in [0.2, 0.25) is 0 Å². The maximum Gasteiger partial charge on any atom is 0.229 e. The van der Waals surface area contributed by atoms with E-state index in [1.165, 1.54) is 26.0 Å². The third kappa shape index (κ3) is 4.50. The molecule has 0 amide bonds. The number of aromatic nitrogens is 1. The summed E-state index contributed by atoms with van der Waals surface area (Å²) in [5, 5.41) is 0. The van der Waals surface area contributed by atoms with Gasteiger partial charge in [0.2, 0.25) is 5.89 Å². The summed E-state index contributed by atoms with van der Waals surface area (Å²) in [6.45, 7) is 5.47. The quantitative estimate of drug-likeness (QED) is 0.693. The van der Waals surface area contributed by atoms with Gasteiger partial charge < -0.3 is 13.9 Å². The summed E-state index contributed by atoms with van der Waals surface area (Å²) in [5.41, 5.74) is 1.23. The highest BCUT2D eigenvalue weighted by Crippen LogP contribution is 2.32. The lowest BCUT2D eigenvalue weighted by molar-refractivity contribution is 0.0684. The highest BCUT2D eigenvalue weighted by Gasteiger charge is 2.28. The lowest BCUT2D eigenvalue weighted by Gasteiger charge is -2.24. The Kier molecular flexibility index (Phi) is 5.45. The first-order valence-corrected chi connectivity index (χ1v) is 9.76. The van der Waals surface area contributed by atoms with Crippen LogP contribution in [0.25, 0.3) is 11.5 Å². The van der Waals surface area contributed by atoms with Gasteiger partial charge in [0.05, 0.1) is 24.5 Å². The predicted octanol–water partition coefficient (Wildman–Crippen LogP) is 4.19. The molecule has 0 radical (unpaired) electrons. The number of halogens is 1. The molecule has 4 rings (SSSR count). The van der Waals surface area contributed by atoms with Crippen molar-refractivity contribution in [3.63, 3.8) is 0 Å². The number of aryl methyl sites for hydroxylation is 1. The van der Waals surface area contributed by atoms with Gasteiger partial charge in [-0.2, -0.15) is 0 Å². The molecule has 2 aliphatic rings. The normalized spacial score (nSPS) is 19.8. The van der Waals surface area contributed by atoms with Crippen molar-refractivity contribution in [2.24, 2.45) is 5.92 Å². The van der Waals surface area contributed by atoms with E-state index in [2.05, 4.69) is 9.88 Å². The van der Waals surface area contributed by atoms with Crippen LogP contribution in [0.1, 0.15) is 37.1 Å². The second-order valence-electron chi connectivity index (χ2n) is 7.64. The average Bonchev–Trinajstić information content (AvgIpc) is 3.17. The van der Waals surface area contributed by atoms with Crippen LogP contribution in [0, 0.1) is 18.7 Å². The van der Waals surface area contributed by atoms with Crippen molar-refractivity contribution in [2.75, 3.05) is 26.8 Å². The number of hydrogen-bond acceptors (Lipinski definition) is 5. The Morgan fingerprint density at radius 2 is 2.11 bits per heavy atom. The van der Waals surface area contributed by atoms with Crippen molar-refractivity contribution >= 4 is 0 Å². The van der Waals surface area contributed by atoms with Crippen LogP contribution in [-0.4, -0.2) is 42.8 Å². The summed E-state index contributed by atoms with van der Waals surface area (Å²) in [6, 6.07) is 4.72. The Balaban J connectivity index is 1.50. The number of methoxy groups -OCH3 is 1. The first-order valence-electron chi connectivity index (χ1n) is 9.76. The van der Waals surface area contributed by atoms with Gasteiger partial charge >= 0.3 is 0 Å². The minimum Gasteiger partial charge on any atom is -0.497 e. The number of nitrogens with zero attached hydrogens (tertiary/aromatic N) is 2. The Hall–Kier alpha value is -1.92. The second kappa shape index (κ2) is 7.98. The monoisotopic (exact) mass is 374 g/mol. The van der Waals surface area contributed by atoms with E-state index in [1.54, 1.807) is 12.1 Å². The molecular weight excluding hydrogens is 347 g/mol. The van der Waals surface area contributed by atoms with Crippen LogP contribution in [-0.2, 0) is 11.3 Å². The lowest BCUT2D eigenvalue weighted by atomic mass is 10.2. The molecule has 1 aromatic heterocycles. The molecule has 27 heavy (non-hydrogen) atoms. The van der Waals surface area contributed by atoms with Gasteiger partial charge in [0.15, 0.2) is 0 Å². The molecule has 0 N–H and O–H groups in total. The van der Waals surface area contributed by atoms with Gasteiger partial charge in [0.25, 0.3) is 0 Å². The maximum atomic E-state index is 14.4. The van der Waals surface area contributed by atoms with Crippen molar-refractivity contribution in [3.8, 4) is 17.2 Å². The number of benzene rings is 1. The molecule has 0 bridgehead atoms. The minimum absolute atomic E-state index is 0.314. The third-order valence-electron chi connectivity index (χ3n) is 5.37. The van der Waals surface area contributed by atoms with Crippen molar-refractivity contribution in [3.05, 3.63) is 35.5 Å². The zero-order valence-corrected chi connectivity index (χ0v) is 16.0. The molecule has 2 fully saturated rings. The minimum atomic E-state index is -0.392. The summed E-state index contributed by atoms with van der Waals surface area (Å²) in [6.07, 6.45) is 5.20. The molecular formula is C21H27FN2O3. The smallest absolute Gasteiger partial charge is 0.229 e. The fourth-order valence-corrected chi connectivity index (χ4v) is 3.64. The first kappa shape index (κ1) is 18.4. The van der Waals surface area contributed by atoms with Crippen LogP contribution >= 0.6 is 0 Å². The van der Waals surface area contributed by atoms with E-state index in [9.17, 15) is 4.39 Å². The van der Waals surface area contributed by atoms with Crippen molar-refractivity contribution in [2.45, 2.75) is 45.3 Å². The van der Waals surface area contributed by atoms with E-state index in [0.29, 0.717) is 29.9 Å². The molecule has 1 atom stereocenters. The van der Waals surface area contributed by atoms with Gasteiger partial charge in [-0.15, -0.1) is 0 Å². The summed E-state index contributed by atoms with van der Waals surface area (Å²) in [5.74, 6) is 1.94. The molecule has 1 aromatic carbocycles. The van der Waals surface area contributed by atoms with Gasteiger partial charge in [-0.25, -0.2) is 9.37 Å². The molecule has 1 unspecified atom stereocenters. The second-order valence-corrected chi connectivity index (χ2v) is 7.64. The Labute approximate surface area is 159 Å². The fourth-order valence-electron chi connectivity index (χ4n) is 3.64. The summed E-state index contributed by atoms with van der Waals surface area (Å²) >= 11 is 0. The average molecular weight is 374 g/mol. The van der Waals surface area contributed by atoms with Gasteiger partial charge in [-0.1, -0.05) is 0 Å². The Morgan fingerprint density at radius 3 is 2.78 bits per heavy atom. The van der Waals surface area contributed by atoms with Crippen LogP contribution in [0.5, 0.6) is 5.75 Å². The van der Waals surface area contributed by atoms with E-state index in [0.717, 1.165) is 49.9 Å². The van der Waals surface area contributed by atoms with Crippen LogP contribution in [0.4, 0.5) is 4.39 Å². The van der Waals surface area contributed by atoms with Crippen molar-refractivity contribution in [1.82, 2.24) is 9.88 Å². The molecule has 2 heterocycles. The van der Waals surface area contributed by atoms with Crippen LogP contribution < -0.4 is 4.74 Å². The van der Waals surface area contributed by atoms with E-state index in [-0.39, 0.29) is 0 Å². The standard InChI is InChI=1S/C21H27FN2O3/c1-14-20(13-24(11-15-5-6-15)12-17-4-3-9-26-17)23-21(27-14)18-8-7-16(25-2)10-19(18)22/h7-8,10,15,17H,3-6,9,11-13H2,1-2H3. The summed E-state index contributed by atoms with van der Waals surface area (Å²) in [7, 11) is 1.52. The van der Waals surface area contributed by atoms with Crippen molar-refractivity contribution in [1.29, 1.82) is 0 Å². The summed E-state index contributed by atoms with van der Waals surface area (Å²) < 4.78 is 31.0.